The topological polar surface area (TPSA) is 34.6 Å². The highest BCUT2D eigenvalue weighted by atomic mass is 79.9. The van der Waals surface area contributed by atoms with Crippen LogP contribution >= 0.6 is 15.9 Å². The summed E-state index contributed by atoms with van der Waals surface area (Å²) in [5, 5.41) is 0. The molecular formula is C14H21BrN2O2. The molecule has 0 saturated carbocycles. The second kappa shape index (κ2) is 7.22. The van der Waals surface area contributed by atoms with Crippen molar-refractivity contribution in [3.05, 3.63) is 22.3 Å². The Morgan fingerprint density at radius 2 is 2.11 bits per heavy atom. The van der Waals surface area contributed by atoms with Crippen molar-refractivity contribution in [2.45, 2.75) is 25.9 Å². The summed E-state index contributed by atoms with van der Waals surface area (Å²) >= 11 is 3.49. The molecule has 0 radical (unpaired) electrons. The summed E-state index contributed by atoms with van der Waals surface area (Å²) in [6.45, 7) is 5.47. The van der Waals surface area contributed by atoms with Crippen molar-refractivity contribution < 1.29 is 9.47 Å². The predicted octanol–water partition coefficient (Wildman–Crippen LogP) is 2.78. The number of ether oxygens (including phenoxy) is 2. The number of hydrogen-bond donors (Lipinski definition) is 0. The summed E-state index contributed by atoms with van der Waals surface area (Å²) in [7, 11) is 1.70. The van der Waals surface area contributed by atoms with Crippen molar-refractivity contribution >= 4 is 21.7 Å². The number of rotatable bonds is 5. The molecule has 0 atom stereocenters. The van der Waals surface area contributed by atoms with Gasteiger partial charge in [-0.15, -0.1) is 0 Å². The van der Waals surface area contributed by atoms with Crippen LogP contribution in [0.4, 0.5) is 5.82 Å². The maximum Gasteiger partial charge on any atom is 0.128 e. The molecule has 106 valence electrons. The summed E-state index contributed by atoms with van der Waals surface area (Å²) in [6.07, 6.45) is 4.36. The maximum atomic E-state index is 5.77. The van der Waals surface area contributed by atoms with E-state index in [0.717, 1.165) is 36.2 Å². The summed E-state index contributed by atoms with van der Waals surface area (Å²) in [5.74, 6) is 1.07. The minimum atomic E-state index is 0.364. The lowest BCUT2D eigenvalue weighted by Gasteiger charge is -2.32. The number of pyridine rings is 1. The maximum absolute atomic E-state index is 5.77. The fraction of sp³-hybridized carbons (Fsp3) is 0.643. The van der Waals surface area contributed by atoms with E-state index in [-0.39, 0.29) is 0 Å². The van der Waals surface area contributed by atoms with Crippen molar-refractivity contribution in [2.24, 2.45) is 0 Å². The highest BCUT2D eigenvalue weighted by Gasteiger charge is 2.20. The van der Waals surface area contributed by atoms with Crippen LogP contribution in [0.15, 0.2) is 16.7 Å². The Hall–Kier alpha value is -0.650. The van der Waals surface area contributed by atoms with Crippen LogP contribution in [0.25, 0.3) is 0 Å². The average Bonchev–Trinajstić information content (AvgIpc) is 2.43. The second-order valence-corrected chi connectivity index (χ2v) is 5.70. The van der Waals surface area contributed by atoms with Gasteiger partial charge in [0.1, 0.15) is 5.82 Å². The number of methoxy groups -OCH3 is 1. The van der Waals surface area contributed by atoms with Gasteiger partial charge in [0.2, 0.25) is 0 Å². The number of piperidine rings is 1. The molecule has 1 aromatic rings. The Morgan fingerprint density at radius 1 is 1.37 bits per heavy atom. The van der Waals surface area contributed by atoms with Crippen LogP contribution in [-0.4, -0.2) is 44.5 Å². The summed E-state index contributed by atoms with van der Waals surface area (Å²) in [5.41, 5.74) is 1.23. The average molecular weight is 329 g/mol. The van der Waals surface area contributed by atoms with E-state index in [9.17, 15) is 0 Å². The van der Waals surface area contributed by atoms with Gasteiger partial charge in [0.15, 0.2) is 0 Å². The lowest BCUT2D eigenvalue weighted by atomic mass is 10.1. The Balaban J connectivity index is 1.84. The Bertz CT molecular complexity index is 406. The van der Waals surface area contributed by atoms with E-state index in [1.165, 1.54) is 5.56 Å². The molecule has 1 fully saturated rings. The van der Waals surface area contributed by atoms with Gasteiger partial charge in [0, 0.05) is 30.9 Å². The molecule has 1 aliphatic rings. The summed E-state index contributed by atoms with van der Waals surface area (Å²) in [6, 6.07) is 2.14. The molecule has 0 aliphatic carbocycles. The molecule has 1 saturated heterocycles. The second-order valence-electron chi connectivity index (χ2n) is 4.84. The van der Waals surface area contributed by atoms with Crippen molar-refractivity contribution in [1.82, 2.24) is 4.98 Å². The molecule has 19 heavy (non-hydrogen) atoms. The molecule has 4 nitrogen and oxygen atoms in total. The standard InChI is InChI=1S/C14H21BrN2O2/c1-11-9-14(16-10-13(11)15)17-5-3-12(4-6-17)19-8-7-18-2/h9-10,12H,3-8H2,1-2H3. The summed E-state index contributed by atoms with van der Waals surface area (Å²) < 4.78 is 11.8. The minimum absolute atomic E-state index is 0.364. The van der Waals surface area contributed by atoms with Gasteiger partial charge in [-0.05, 0) is 47.3 Å². The molecule has 0 spiro atoms. The molecule has 2 heterocycles. The molecule has 2 rings (SSSR count). The lowest BCUT2D eigenvalue weighted by Crippen LogP contribution is -2.37. The molecule has 0 unspecified atom stereocenters. The van der Waals surface area contributed by atoms with Gasteiger partial charge in [-0.3, -0.25) is 0 Å². The highest BCUT2D eigenvalue weighted by Crippen LogP contribution is 2.23. The first-order valence-corrected chi connectivity index (χ1v) is 7.47. The number of aryl methyl sites for hydroxylation is 1. The van der Waals surface area contributed by atoms with Crippen molar-refractivity contribution in [3.8, 4) is 0 Å². The van der Waals surface area contributed by atoms with Crippen LogP contribution in [0, 0.1) is 6.92 Å². The zero-order valence-electron chi connectivity index (χ0n) is 11.6. The molecule has 1 aromatic heterocycles. The smallest absolute Gasteiger partial charge is 0.128 e. The zero-order valence-corrected chi connectivity index (χ0v) is 13.1. The van der Waals surface area contributed by atoms with E-state index in [0.29, 0.717) is 19.3 Å². The van der Waals surface area contributed by atoms with Gasteiger partial charge in [-0.25, -0.2) is 4.98 Å². The van der Waals surface area contributed by atoms with Gasteiger partial charge < -0.3 is 14.4 Å². The Kier molecular flexibility index (Phi) is 5.60. The molecule has 1 aliphatic heterocycles. The molecule has 0 amide bonds. The molecule has 0 bridgehead atoms. The van der Waals surface area contributed by atoms with E-state index in [1.54, 1.807) is 7.11 Å². The van der Waals surface area contributed by atoms with E-state index < -0.39 is 0 Å². The predicted molar refractivity (Wildman–Crippen MR) is 79.7 cm³/mol. The Morgan fingerprint density at radius 3 is 2.74 bits per heavy atom. The molecule has 5 heteroatoms. The molecular weight excluding hydrogens is 308 g/mol. The first-order valence-electron chi connectivity index (χ1n) is 6.68. The fourth-order valence-electron chi connectivity index (χ4n) is 2.25. The SMILES string of the molecule is COCCOC1CCN(c2cc(C)c(Br)cn2)CC1. The van der Waals surface area contributed by atoms with Crippen LogP contribution in [0.3, 0.4) is 0 Å². The van der Waals surface area contributed by atoms with Crippen LogP contribution < -0.4 is 4.90 Å². The van der Waals surface area contributed by atoms with E-state index in [1.807, 2.05) is 6.20 Å². The van der Waals surface area contributed by atoms with Crippen LogP contribution in [0.5, 0.6) is 0 Å². The van der Waals surface area contributed by atoms with E-state index in [4.69, 9.17) is 9.47 Å². The first kappa shape index (κ1) is 14.8. The monoisotopic (exact) mass is 328 g/mol. The van der Waals surface area contributed by atoms with Gasteiger partial charge in [-0.2, -0.15) is 0 Å². The number of nitrogens with zero attached hydrogens (tertiary/aromatic N) is 2. The number of halogens is 1. The number of aromatic nitrogens is 1. The molecule has 0 aromatic carbocycles. The van der Waals surface area contributed by atoms with Crippen LogP contribution in [0.1, 0.15) is 18.4 Å². The fourth-order valence-corrected chi connectivity index (χ4v) is 2.46. The summed E-state index contributed by atoms with van der Waals surface area (Å²) in [4.78, 5) is 6.81. The van der Waals surface area contributed by atoms with Crippen LogP contribution in [-0.2, 0) is 9.47 Å². The normalized spacial score (nSPS) is 16.9. The van der Waals surface area contributed by atoms with Crippen LogP contribution in [0.2, 0.25) is 0 Å². The van der Waals surface area contributed by atoms with E-state index in [2.05, 4.69) is 38.8 Å². The van der Waals surface area contributed by atoms with Crippen molar-refractivity contribution in [1.29, 1.82) is 0 Å². The third-order valence-electron chi connectivity index (χ3n) is 3.44. The minimum Gasteiger partial charge on any atom is -0.382 e. The Labute approximate surface area is 123 Å². The van der Waals surface area contributed by atoms with Crippen molar-refractivity contribution in [2.75, 3.05) is 38.3 Å². The van der Waals surface area contributed by atoms with Gasteiger partial charge in [-0.1, -0.05) is 0 Å². The van der Waals surface area contributed by atoms with E-state index >= 15 is 0 Å². The zero-order chi connectivity index (χ0) is 13.7. The first-order chi connectivity index (χ1) is 9.20. The van der Waals surface area contributed by atoms with Gasteiger partial charge >= 0.3 is 0 Å². The van der Waals surface area contributed by atoms with Crippen molar-refractivity contribution in [3.63, 3.8) is 0 Å². The van der Waals surface area contributed by atoms with Gasteiger partial charge in [0.25, 0.3) is 0 Å². The largest absolute Gasteiger partial charge is 0.382 e. The number of anilines is 1. The third kappa shape index (κ3) is 4.16. The quantitative estimate of drug-likeness (QED) is 0.778. The lowest BCUT2D eigenvalue weighted by molar-refractivity contribution is 0.00604. The van der Waals surface area contributed by atoms with Gasteiger partial charge in [0.05, 0.1) is 19.3 Å². The molecule has 0 N–H and O–H groups in total. The third-order valence-corrected chi connectivity index (χ3v) is 4.27. The highest BCUT2D eigenvalue weighted by molar-refractivity contribution is 9.10. The number of hydrogen-bond acceptors (Lipinski definition) is 4.